The molecule has 1 aliphatic heterocycles. The Morgan fingerprint density at radius 1 is 1.30 bits per heavy atom. The van der Waals surface area contributed by atoms with Crippen molar-refractivity contribution >= 4 is 17.6 Å². The molecule has 8 heteroatoms. The fourth-order valence-electron chi connectivity index (χ4n) is 3.22. The molecule has 3 heterocycles. The van der Waals surface area contributed by atoms with Gasteiger partial charge in [0.15, 0.2) is 17.6 Å². The Bertz CT molecular complexity index is 793. The highest BCUT2D eigenvalue weighted by Gasteiger charge is 2.25. The number of aromatic nitrogens is 2. The minimum atomic E-state index is -0.284. The summed E-state index contributed by atoms with van der Waals surface area (Å²) in [5.41, 5.74) is 1.09. The third-order valence-electron chi connectivity index (χ3n) is 4.53. The highest BCUT2D eigenvalue weighted by atomic mass is 19.1. The summed E-state index contributed by atoms with van der Waals surface area (Å²) in [4.78, 5) is 16.8. The molecule has 0 amide bonds. The third-order valence-corrected chi connectivity index (χ3v) is 4.53. The molecule has 1 saturated heterocycles. The largest absolute Gasteiger partial charge is 0.362 e. The lowest BCUT2D eigenvalue weighted by Crippen LogP contribution is -2.44. The average molecular weight is 371 g/mol. The topological polar surface area (TPSA) is 68.7 Å². The van der Waals surface area contributed by atoms with Crippen LogP contribution in [0.2, 0.25) is 0 Å². The third kappa shape index (κ3) is 4.64. The van der Waals surface area contributed by atoms with Crippen LogP contribution in [0.4, 0.5) is 16.0 Å². The molecule has 0 spiro atoms. The summed E-state index contributed by atoms with van der Waals surface area (Å²) in [7, 11) is 5.70. The van der Waals surface area contributed by atoms with Gasteiger partial charge in [-0.05, 0) is 24.6 Å². The van der Waals surface area contributed by atoms with Gasteiger partial charge in [0.1, 0.15) is 5.82 Å². The predicted octanol–water partition coefficient (Wildman–Crippen LogP) is 1.63. The number of hydrogen-bond acceptors (Lipinski definition) is 5. The Morgan fingerprint density at radius 2 is 2.07 bits per heavy atom. The summed E-state index contributed by atoms with van der Waals surface area (Å²) in [6, 6.07) is 7.21. The fourth-order valence-corrected chi connectivity index (χ4v) is 3.22. The number of guanidine groups is 1. The lowest BCUT2D eigenvalue weighted by atomic mass is 10.2. The molecule has 0 saturated carbocycles. The van der Waals surface area contributed by atoms with E-state index in [1.165, 1.54) is 6.07 Å². The molecule has 144 valence electrons. The Morgan fingerprint density at radius 3 is 2.81 bits per heavy atom. The monoisotopic (exact) mass is 371 g/mol. The lowest BCUT2D eigenvalue weighted by Gasteiger charge is -2.21. The van der Waals surface area contributed by atoms with Gasteiger partial charge < -0.3 is 20.4 Å². The zero-order valence-electron chi connectivity index (χ0n) is 16.0. The number of aliphatic imine (C=N–C) groups is 1. The van der Waals surface area contributed by atoms with Crippen molar-refractivity contribution in [3.8, 4) is 0 Å². The number of anilines is 2. The van der Waals surface area contributed by atoms with Crippen molar-refractivity contribution in [1.29, 1.82) is 0 Å². The maximum Gasteiger partial charge on any atom is 0.191 e. The van der Waals surface area contributed by atoms with E-state index in [9.17, 15) is 4.39 Å². The second kappa shape index (κ2) is 8.66. The first-order valence-corrected chi connectivity index (χ1v) is 9.02. The van der Waals surface area contributed by atoms with E-state index in [0.29, 0.717) is 18.9 Å². The molecule has 0 aromatic carbocycles. The van der Waals surface area contributed by atoms with Crippen molar-refractivity contribution in [2.45, 2.75) is 19.0 Å². The van der Waals surface area contributed by atoms with Crippen LogP contribution < -0.4 is 20.4 Å². The molecule has 0 radical (unpaired) electrons. The zero-order valence-corrected chi connectivity index (χ0v) is 16.0. The molecular formula is C19H26FN7. The zero-order chi connectivity index (χ0) is 19.2. The van der Waals surface area contributed by atoms with Crippen LogP contribution in [-0.2, 0) is 6.54 Å². The van der Waals surface area contributed by atoms with Crippen LogP contribution in [-0.4, -0.2) is 56.2 Å². The summed E-state index contributed by atoms with van der Waals surface area (Å²) in [5, 5.41) is 6.75. The number of pyridine rings is 2. The first-order chi connectivity index (χ1) is 13.1. The predicted molar refractivity (Wildman–Crippen MR) is 107 cm³/mol. The maximum atomic E-state index is 13.9. The minimum absolute atomic E-state index is 0.180. The standard InChI is InChI=1S/C19H26FN7/c1-21-19(24-12-14-6-4-9-22-17(14)26(2)3)25-15-8-11-27(13-15)18-16(20)7-5-10-23-18/h4-7,9-10,15H,8,11-13H2,1-3H3,(H2,21,24,25). The van der Waals surface area contributed by atoms with E-state index in [4.69, 9.17) is 0 Å². The van der Waals surface area contributed by atoms with E-state index in [0.717, 1.165) is 30.3 Å². The number of hydrogen-bond donors (Lipinski definition) is 2. The van der Waals surface area contributed by atoms with Crippen molar-refractivity contribution in [2.24, 2.45) is 4.99 Å². The SMILES string of the molecule is CN=C(NCc1cccnc1N(C)C)NC1CCN(c2ncccc2F)C1. The van der Waals surface area contributed by atoms with Gasteiger partial charge in [-0.25, -0.2) is 14.4 Å². The Kier molecular flexibility index (Phi) is 6.05. The molecule has 1 atom stereocenters. The molecule has 1 aliphatic rings. The maximum absolute atomic E-state index is 13.9. The van der Waals surface area contributed by atoms with E-state index in [2.05, 4.69) is 25.6 Å². The number of halogens is 1. The van der Waals surface area contributed by atoms with Gasteiger partial charge in [-0.1, -0.05) is 6.07 Å². The van der Waals surface area contributed by atoms with Gasteiger partial charge in [0.2, 0.25) is 0 Å². The molecule has 2 aromatic rings. The van der Waals surface area contributed by atoms with Crippen LogP contribution in [0.3, 0.4) is 0 Å². The Balaban J connectivity index is 1.57. The fraction of sp³-hybridized carbons (Fsp3) is 0.421. The van der Waals surface area contributed by atoms with Crippen molar-refractivity contribution in [3.63, 3.8) is 0 Å². The number of nitrogens with one attached hydrogen (secondary N) is 2. The molecular weight excluding hydrogens is 345 g/mol. The van der Waals surface area contributed by atoms with E-state index >= 15 is 0 Å². The van der Waals surface area contributed by atoms with Gasteiger partial charge in [0, 0.05) is 64.8 Å². The van der Waals surface area contributed by atoms with Crippen LogP contribution in [0.25, 0.3) is 0 Å². The van der Waals surface area contributed by atoms with Crippen LogP contribution in [0.5, 0.6) is 0 Å². The molecule has 7 nitrogen and oxygen atoms in total. The van der Waals surface area contributed by atoms with Gasteiger partial charge in [0.05, 0.1) is 0 Å². The Hall–Kier alpha value is -2.90. The molecule has 0 aliphatic carbocycles. The summed E-state index contributed by atoms with van der Waals surface area (Å²) in [6.45, 7) is 2.06. The van der Waals surface area contributed by atoms with Crippen LogP contribution in [0, 0.1) is 5.82 Å². The smallest absolute Gasteiger partial charge is 0.191 e. The van der Waals surface area contributed by atoms with Crippen molar-refractivity contribution < 1.29 is 4.39 Å². The summed E-state index contributed by atoms with van der Waals surface area (Å²) >= 11 is 0. The van der Waals surface area contributed by atoms with Gasteiger partial charge in [-0.3, -0.25) is 4.99 Å². The number of rotatable bonds is 5. The van der Waals surface area contributed by atoms with E-state index in [1.54, 1.807) is 25.5 Å². The highest BCUT2D eigenvalue weighted by molar-refractivity contribution is 5.80. The average Bonchev–Trinajstić information content (AvgIpc) is 3.14. The van der Waals surface area contributed by atoms with Crippen LogP contribution in [0.1, 0.15) is 12.0 Å². The van der Waals surface area contributed by atoms with E-state index < -0.39 is 0 Å². The van der Waals surface area contributed by atoms with Crippen molar-refractivity contribution in [1.82, 2.24) is 20.6 Å². The summed E-state index contributed by atoms with van der Waals surface area (Å²) in [5.74, 6) is 1.78. The molecule has 1 fully saturated rings. The van der Waals surface area contributed by atoms with Gasteiger partial charge in [-0.2, -0.15) is 0 Å². The van der Waals surface area contributed by atoms with Crippen molar-refractivity contribution in [2.75, 3.05) is 44.0 Å². The van der Waals surface area contributed by atoms with Gasteiger partial charge in [-0.15, -0.1) is 0 Å². The Labute approximate surface area is 159 Å². The second-order valence-electron chi connectivity index (χ2n) is 6.69. The quantitative estimate of drug-likeness (QED) is 0.615. The second-order valence-corrected chi connectivity index (χ2v) is 6.69. The van der Waals surface area contributed by atoms with Gasteiger partial charge >= 0.3 is 0 Å². The van der Waals surface area contributed by atoms with E-state index in [-0.39, 0.29) is 11.9 Å². The molecule has 1 unspecified atom stereocenters. The van der Waals surface area contributed by atoms with Crippen LogP contribution in [0.15, 0.2) is 41.7 Å². The molecule has 0 bridgehead atoms. The molecule has 27 heavy (non-hydrogen) atoms. The summed E-state index contributed by atoms with van der Waals surface area (Å²) < 4.78 is 13.9. The number of nitrogens with zero attached hydrogens (tertiary/aromatic N) is 5. The molecule has 2 N–H and O–H groups in total. The first kappa shape index (κ1) is 18.9. The van der Waals surface area contributed by atoms with Gasteiger partial charge in [0.25, 0.3) is 0 Å². The van der Waals surface area contributed by atoms with Crippen LogP contribution >= 0.6 is 0 Å². The molecule has 3 rings (SSSR count). The lowest BCUT2D eigenvalue weighted by molar-refractivity contribution is 0.612. The highest BCUT2D eigenvalue weighted by Crippen LogP contribution is 2.20. The van der Waals surface area contributed by atoms with E-state index in [1.807, 2.05) is 36.0 Å². The normalized spacial score (nSPS) is 17.1. The molecule has 2 aromatic heterocycles. The van der Waals surface area contributed by atoms with Crippen molar-refractivity contribution in [3.05, 3.63) is 48.0 Å². The minimum Gasteiger partial charge on any atom is -0.362 e. The summed E-state index contributed by atoms with van der Waals surface area (Å²) in [6.07, 6.45) is 4.30. The first-order valence-electron chi connectivity index (χ1n) is 9.02.